The number of hydrogen-bond donors (Lipinski definition) is 1. The van der Waals surface area contributed by atoms with Gasteiger partial charge in [0.25, 0.3) is 0 Å². The van der Waals surface area contributed by atoms with Crippen molar-refractivity contribution >= 4 is 5.91 Å². The van der Waals surface area contributed by atoms with E-state index < -0.39 is 0 Å². The molecule has 0 radical (unpaired) electrons. The number of nitrogens with zero attached hydrogens (tertiary/aromatic N) is 1. The van der Waals surface area contributed by atoms with Gasteiger partial charge in [-0.05, 0) is 42.9 Å². The summed E-state index contributed by atoms with van der Waals surface area (Å²) in [6.45, 7) is 1.38. The molecular weight excluding hydrogens is 279 g/mol. The Balaban J connectivity index is 1.83. The molecule has 0 aliphatic rings. The molecule has 3 nitrogen and oxygen atoms in total. The molecule has 1 amide bonds. The van der Waals surface area contributed by atoms with E-state index in [0.717, 1.165) is 12.1 Å². The van der Waals surface area contributed by atoms with E-state index in [1.54, 1.807) is 12.1 Å². The molecule has 2 aromatic rings. The van der Waals surface area contributed by atoms with E-state index in [1.807, 2.05) is 26.2 Å². The van der Waals surface area contributed by atoms with E-state index in [4.69, 9.17) is 0 Å². The zero-order chi connectivity index (χ0) is 15.9. The first-order chi connectivity index (χ1) is 10.5. The van der Waals surface area contributed by atoms with Crippen molar-refractivity contribution in [1.29, 1.82) is 0 Å². The molecule has 116 valence electrons. The van der Waals surface area contributed by atoms with Crippen LogP contribution in [-0.4, -0.2) is 24.9 Å². The van der Waals surface area contributed by atoms with Gasteiger partial charge >= 0.3 is 0 Å². The molecular formula is C18H21FN2O. The molecule has 0 spiro atoms. The maximum atomic E-state index is 13.1. The molecule has 2 rings (SSSR count). The number of hydrogen-bond acceptors (Lipinski definition) is 2. The summed E-state index contributed by atoms with van der Waals surface area (Å²) in [4.78, 5) is 14.0. The lowest BCUT2D eigenvalue weighted by Gasteiger charge is -2.10. The molecule has 0 aliphatic heterocycles. The van der Waals surface area contributed by atoms with Crippen LogP contribution in [0.15, 0.2) is 48.5 Å². The summed E-state index contributed by atoms with van der Waals surface area (Å²) >= 11 is 0. The summed E-state index contributed by atoms with van der Waals surface area (Å²) < 4.78 is 13.1. The van der Waals surface area contributed by atoms with Crippen LogP contribution in [-0.2, 0) is 24.3 Å². The highest BCUT2D eigenvalue weighted by molar-refractivity contribution is 5.78. The summed E-state index contributed by atoms with van der Waals surface area (Å²) in [5.41, 5.74) is 2.97. The van der Waals surface area contributed by atoms with Gasteiger partial charge in [-0.25, -0.2) is 4.39 Å². The Bertz CT molecular complexity index is 623. The zero-order valence-corrected chi connectivity index (χ0v) is 13.0. The van der Waals surface area contributed by atoms with Crippen molar-refractivity contribution in [2.24, 2.45) is 0 Å². The lowest BCUT2D eigenvalue weighted by molar-refractivity contribution is -0.120. The molecule has 0 saturated carbocycles. The predicted octanol–water partition coefficient (Wildman–Crippen LogP) is 2.75. The minimum absolute atomic E-state index is 0.108. The third kappa shape index (κ3) is 5.30. The third-order valence-corrected chi connectivity index (χ3v) is 3.27. The summed E-state index contributed by atoms with van der Waals surface area (Å²) in [6, 6.07) is 14.3. The van der Waals surface area contributed by atoms with Crippen LogP contribution in [0.3, 0.4) is 0 Å². The Kier molecular flexibility index (Phi) is 5.67. The smallest absolute Gasteiger partial charge is 0.224 e. The van der Waals surface area contributed by atoms with Crippen molar-refractivity contribution in [2.75, 3.05) is 14.1 Å². The normalized spacial score (nSPS) is 10.7. The van der Waals surface area contributed by atoms with Crippen LogP contribution in [0.25, 0.3) is 0 Å². The summed E-state index contributed by atoms with van der Waals surface area (Å²) in [7, 11) is 4.06. The van der Waals surface area contributed by atoms with Crippen molar-refractivity contribution in [1.82, 2.24) is 10.2 Å². The van der Waals surface area contributed by atoms with E-state index in [9.17, 15) is 9.18 Å². The second-order valence-corrected chi connectivity index (χ2v) is 5.64. The average Bonchev–Trinajstić information content (AvgIpc) is 2.46. The van der Waals surface area contributed by atoms with Gasteiger partial charge in [0.2, 0.25) is 5.91 Å². The molecule has 22 heavy (non-hydrogen) atoms. The van der Waals surface area contributed by atoms with E-state index in [-0.39, 0.29) is 18.1 Å². The quantitative estimate of drug-likeness (QED) is 0.889. The molecule has 1 N–H and O–H groups in total. The summed E-state index contributed by atoms with van der Waals surface area (Å²) in [5, 5.41) is 2.86. The van der Waals surface area contributed by atoms with Crippen LogP contribution in [0.5, 0.6) is 0 Å². The minimum Gasteiger partial charge on any atom is -0.352 e. The van der Waals surface area contributed by atoms with Crippen molar-refractivity contribution in [3.05, 3.63) is 71.0 Å². The van der Waals surface area contributed by atoms with Gasteiger partial charge < -0.3 is 10.2 Å². The van der Waals surface area contributed by atoms with Crippen LogP contribution in [0.2, 0.25) is 0 Å². The maximum absolute atomic E-state index is 13.1. The van der Waals surface area contributed by atoms with Crippen molar-refractivity contribution in [2.45, 2.75) is 19.5 Å². The SMILES string of the molecule is CN(C)Cc1ccc(CNC(=O)Cc2cccc(F)c2)cc1. The largest absolute Gasteiger partial charge is 0.352 e. The number of nitrogens with one attached hydrogen (secondary N) is 1. The van der Waals surface area contributed by atoms with Crippen LogP contribution in [0.1, 0.15) is 16.7 Å². The van der Waals surface area contributed by atoms with E-state index in [0.29, 0.717) is 12.1 Å². The molecule has 0 aliphatic carbocycles. The monoisotopic (exact) mass is 300 g/mol. The lowest BCUT2D eigenvalue weighted by Crippen LogP contribution is -2.24. The van der Waals surface area contributed by atoms with Crippen LogP contribution >= 0.6 is 0 Å². The lowest BCUT2D eigenvalue weighted by atomic mass is 10.1. The molecule has 0 aromatic heterocycles. The summed E-state index contributed by atoms with van der Waals surface area (Å²) in [5.74, 6) is -0.426. The molecule has 0 atom stereocenters. The summed E-state index contributed by atoms with van der Waals surface area (Å²) in [6.07, 6.45) is 0.191. The fraction of sp³-hybridized carbons (Fsp3) is 0.278. The highest BCUT2D eigenvalue weighted by Crippen LogP contribution is 2.07. The second-order valence-electron chi connectivity index (χ2n) is 5.64. The molecule has 2 aromatic carbocycles. The zero-order valence-electron chi connectivity index (χ0n) is 13.0. The number of carbonyl (C=O) groups is 1. The van der Waals surface area contributed by atoms with Gasteiger partial charge in [0.1, 0.15) is 5.82 Å². The number of rotatable bonds is 6. The number of benzene rings is 2. The Hall–Kier alpha value is -2.20. The molecule has 0 unspecified atom stereocenters. The molecule has 0 saturated heterocycles. The fourth-order valence-electron chi connectivity index (χ4n) is 2.22. The van der Waals surface area contributed by atoms with E-state index in [2.05, 4.69) is 22.3 Å². The van der Waals surface area contributed by atoms with Gasteiger partial charge in [-0.3, -0.25) is 4.79 Å². The van der Waals surface area contributed by atoms with Gasteiger partial charge in [0.05, 0.1) is 6.42 Å². The highest BCUT2D eigenvalue weighted by Gasteiger charge is 2.04. The maximum Gasteiger partial charge on any atom is 0.224 e. The van der Waals surface area contributed by atoms with Gasteiger partial charge in [-0.2, -0.15) is 0 Å². The third-order valence-electron chi connectivity index (χ3n) is 3.27. The van der Waals surface area contributed by atoms with Gasteiger partial charge in [-0.1, -0.05) is 36.4 Å². The molecule has 0 fully saturated rings. The van der Waals surface area contributed by atoms with Gasteiger partial charge in [0.15, 0.2) is 0 Å². The molecule has 4 heteroatoms. The van der Waals surface area contributed by atoms with E-state index >= 15 is 0 Å². The average molecular weight is 300 g/mol. The first-order valence-electron chi connectivity index (χ1n) is 7.26. The van der Waals surface area contributed by atoms with Crippen LogP contribution < -0.4 is 5.32 Å². The van der Waals surface area contributed by atoms with Crippen molar-refractivity contribution in [3.8, 4) is 0 Å². The van der Waals surface area contributed by atoms with Gasteiger partial charge in [0, 0.05) is 13.1 Å². The second kappa shape index (κ2) is 7.71. The number of carbonyl (C=O) groups excluding carboxylic acids is 1. The van der Waals surface area contributed by atoms with Crippen molar-refractivity contribution < 1.29 is 9.18 Å². The number of amides is 1. The minimum atomic E-state index is -0.318. The fourth-order valence-corrected chi connectivity index (χ4v) is 2.22. The highest BCUT2D eigenvalue weighted by atomic mass is 19.1. The Morgan fingerprint density at radius 1 is 1.05 bits per heavy atom. The predicted molar refractivity (Wildman–Crippen MR) is 85.8 cm³/mol. The van der Waals surface area contributed by atoms with E-state index in [1.165, 1.54) is 17.7 Å². The first kappa shape index (κ1) is 16.2. The van der Waals surface area contributed by atoms with Crippen LogP contribution in [0, 0.1) is 5.82 Å². The molecule has 0 bridgehead atoms. The molecule has 0 heterocycles. The Labute approximate surface area is 130 Å². The Morgan fingerprint density at radius 3 is 2.36 bits per heavy atom. The standard InChI is InChI=1S/C18H21FN2O/c1-21(2)13-15-8-6-14(7-9-15)12-20-18(22)11-16-4-3-5-17(19)10-16/h3-10H,11-13H2,1-2H3,(H,20,22). The topological polar surface area (TPSA) is 32.3 Å². The Morgan fingerprint density at radius 2 is 1.73 bits per heavy atom. The van der Waals surface area contributed by atoms with Crippen LogP contribution in [0.4, 0.5) is 4.39 Å². The van der Waals surface area contributed by atoms with Crippen molar-refractivity contribution in [3.63, 3.8) is 0 Å². The van der Waals surface area contributed by atoms with Gasteiger partial charge in [-0.15, -0.1) is 0 Å². The first-order valence-corrected chi connectivity index (χ1v) is 7.26. The number of halogens is 1.